The maximum absolute atomic E-state index is 6.02. The molecule has 46 heavy (non-hydrogen) atoms. The largest absolute Gasteiger partial charge is 0.382 e. The third-order valence-electron chi connectivity index (χ3n) is 8.47. The van der Waals surface area contributed by atoms with E-state index < -0.39 is 0 Å². The summed E-state index contributed by atoms with van der Waals surface area (Å²) in [6.07, 6.45) is 5.20. The number of rotatable bonds is 9. The second-order valence-electron chi connectivity index (χ2n) is 11.4. The van der Waals surface area contributed by atoms with Crippen LogP contribution in [0, 0.1) is 0 Å². The molecule has 3 aromatic carbocycles. The molecule has 0 radical (unpaired) electrons. The number of nitrogen functional groups attached to an aromatic ring is 1. The molecule has 0 unspecified atom stereocenters. The second kappa shape index (κ2) is 13.4. The van der Waals surface area contributed by atoms with Crippen LogP contribution in [-0.2, 0) is 13.1 Å². The summed E-state index contributed by atoms with van der Waals surface area (Å²) in [6, 6.07) is 31.4. The number of nitrogens with two attached hydrogens (primary N) is 1. The van der Waals surface area contributed by atoms with Gasteiger partial charge in [-0.1, -0.05) is 96.2 Å². The van der Waals surface area contributed by atoms with Crippen molar-refractivity contribution in [3.63, 3.8) is 0 Å². The summed E-state index contributed by atoms with van der Waals surface area (Å²) in [5.41, 5.74) is 11.0. The number of benzene rings is 3. The van der Waals surface area contributed by atoms with Gasteiger partial charge in [0.05, 0.1) is 31.2 Å². The molecule has 4 aromatic rings. The third kappa shape index (κ3) is 6.30. The van der Waals surface area contributed by atoms with Gasteiger partial charge in [-0.15, -0.1) is 5.10 Å². The number of thiocarbonyl (C=S) groups is 1. The fourth-order valence-electron chi connectivity index (χ4n) is 6.17. The van der Waals surface area contributed by atoms with E-state index in [2.05, 4.69) is 114 Å². The lowest BCUT2D eigenvalue weighted by Gasteiger charge is -2.43. The van der Waals surface area contributed by atoms with Crippen molar-refractivity contribution >= 4 is 23.1 Å². The Hall–Kier alpha value is -5.20. The van der Waals surface area contributed by atoms with Crippen LogP contribution < -0.4 is 11.1 Å². The zero-order chi connectivity index (χ0) is 31.3. The van der Waals surface area contributed by atoms with Crippen LogP contribution in [0.1, 0.15) is 34.5 Å². The van der Waals surface area contributed by atoms with E-state index >= 15 is 0 Å². The molecule has 3 aliphatic heterocycles. The lowest BCUT2D eigenvalue weighted by Crippen LogP contribution is -2.53. The van der Waals surface area contributed by atoms with Gasteiger partial charge >= 0.3 is 0 Å². The molecule has 3 N–H and O–H groups in total. The first-order valence-corrected chi connectivity index (χ1v) is 15.8. The molecule has 2 atom stereocenters. The van der Waals surface area contributed by atoms with Crippen molar-refractivity contribution in [1.82, 2.24) is 49.6 Å². The van der Waals surface area contributed by atoms with E-state index in [9.17, 15) is 0 Å². The fourth-order valence-corrected chi connectivity index (χ4v) is 6.43. The zero-order valence-electron chi connectivity index (χ0n) is 25.3. The smallest absolute Gasteiger partial charge is 0.169 e. The Balaban J connectivity index is 1.15. The van der Waals surface area contributed by atoms with Gasteiger partial charge in [-0.25, -0.2) is 19.6 Å². The average Bonchev–Trinajstić information content (AvgIpc) is 3.80. The van der Waals surface area contributed by atoms with Gasteiger partial charge in [-0.05, 0) is 28.9 Å². The molecule has 12 heteroatoms. The van der Waals surface area contributed by atoms with E-state index in [0.717, 1.165) is 42.5 Å². The Labute approximate surface area is 273 Å². The van der Waals surface area contributed by atoms with Crippen LogP contribution in [0.4, 0.5) is 5.82 Å². The van der Waals surface area contributed by atoms with Crippen LogP contribution in [0.3, 0.4) is 0 Å². The highest BCUT2D eigenvalue weighted by molar-refractivity contribution is 7.80. The maximum atomic E-state index is 6.02. The Morgan fingerprint density at radius 1 is 0.804 bits per heavy atom. The number of nitrogens with zero attached hydrogens (tertiary/aromatic N) is 9. The van der Waals surface area contributed by atoms with E-state index in [0.29, 0.717) is 30.4 Å². The van der Waals surface area contributed by atoms with E-state index in [4.69, 9.17) is 23.2 Å². The minimum absolute atomic E-state index is 0.00430. The first-order valence-electron chi connectivity index (χ1n) is 15.4. The Morgan fingerprint density at radius 2 is 1.46 bits per heavy atom. The quantitative estimate of drug-likeness (QED) is 0.227. The van der Waals surface area contributed by atoms with Crippen molar-refractivity contribution in [3.8, 4) is 11.5 Å². The summed E-state index contributed by atoms with van der Waals surface area (Å²) >= 11 is 5.81. The Morgan fingerprint density at radius 3 is 2.15 bits per heavy atom. The van der Waals surface area contributed by atoms with Crippen molar-refractivity contribution in [2.75, 3.05) is 31.9 Å². The van der Waals surface area contributed by atoms with Gasteiger partial charge in [-0.2, -0.15) is 0 Å². The first-order chi connectivity index (χ1) is 22.6. The van der Waals surface area contributed by atoms with Crippen LogP contribution in [0.15, 0.2) is 110 Å². The normalized spacial score (nSPS) is 15.1. The zero-order valence-corrected chi connectivity index (χ0v) is 26.1. The molecule has 1 saturated heterocycles. The highest BCUT2D eigenvalue weighted by atomic mass is 32.1. The number of imidazole rings is 1. The van der Waals surface area contributed by atoms with Gasteiger partial charge in [0.25, 0.3) is 0 Å². The number of piperazine rings is 1. The molecule has 3 aliphatic rings. The molecular formula is C34H35N11S. The number of hydrogen-bond donors (Lipinski definition) is 2. The minimum atomic E-state index is -0.132. The van der Waals surface area contributed by atoms with E-state index in [-0.39, 0.29) is 12.1 Å². The van der Waals surface area contributed by atoms with Crippen molar-refractivity contribution in [2.45, 2.75) is 25.2 Å². The molecule has 0 aliphatic carbocycles. The Kier molecular flexibility index (Phi) is 8.61. The molecule has 7 rings (SSSR count). The number of anilines is 1. The van der Waals surface area contributed by atoms with Crippen LogP contribution >= 0.6 is 12.2 Å². The molecule has 11 nitrogen and oxygen atoms in total. The summed E-state index contributed by atoms with van der Waals surface area (Å²) in [4.78, 5) is 17.8. The highest BCUT2D eigenvalue weighted by Gasteiger charge is 2.35. The summed E-state index contributed by atoms with van der Waals surface area (Å²) < 4.78 is 3.90. The highest BCUT2D eigenvalue weighted by Crippen LogP contribution is 2.37. The minimum Gasteiger partial charge on any atom is -0.382 e. The number of nitrogens with one attached hydrogen (secondary N) is 1. The molecule has 1 aromatic heterocycles. The molecule has 0 bridgehead atoms. The van der Waals surface area contributed by atoms with E-state index in [1.54, 1.807) is 6.33 Å². The average molecular weight is 630 g/mol. The predicted molar refractivity (Wildman–Crippen MR) is 181 cm³/mol. The lowest BCUT2D eigenvalue weighted by atomic mass is 9.91. The van der Waals surface area contributed by atoms with Crippen molar-refractivity contribution in [3.05, 3.63) is 132 Å². The van der Waals surface area contributed by atoms with Crippen LogP contribution in [0.2, 0.25) is 0 Å². The molecular weight excluding hydrogens is 595 g/mol. The molecule has 0 amide bonds. The van der Waals surface area contributed by atoms with Crippen LogP contribution in [-0.4, -0.2) is 75.6 Å². The second-order valence-corrected chi connectivity index (χ2v) is 11.8. The van der Waals surface area contributed by atoms with Gasteiger partial charge in [0.2, 0.25) is 0 Å². The number of fused-ring (bicyclic) bond motifs is 1. The molecule has 4 heterocycles. The molecule has 232 valence electrons. The van der Waals surface area contributed by atoms with Crippen molar-refractivity contribution < 1.29 is 0 Å². The van der Waals surface area contributed by atoms with Gasteiger partial charge in [0.1, 0.15) is 17.7 Å². The summed E-state index contributed by atoms with van der Waals surface area (Å²) in [5, 5.41) is 13.6. The van der Waals surface area contributed by atoms with E-state index in [1.165, 1.54) is 17.5 Å². The summed E-state index contributed by atoms with van der Waals surface area (Å²) in [6.45, 7) is 4.49. The molecule has 0 saturated carbocycles. The number of hydrogen-bond acceptors (Lipinski definition) is 8. The monoisotopic (exact) mass is 629 g/mol. The van der Waals surface area contributed by atoms with Gasteiger partial charge in [0, 0.05) is 32.7 Å². The standard InChI is InChI=1S/C34H35N11S/c35-32-29-33(38-23-37-29)44(24-39-32)21-28-22-45(41-40-28)31(27-14-8-3-9-15-27)30(26-12-6-2-7-13-26)42-16-18-43(19-17-42)34(46)36-20-25-10-4-1-5-11-25/h1-15,22-24,30-31H,16-21,35H2,(H,36,46)/t30-,31+/m0/s1. The third-order valence-corrected chi connectivity index (χ3v) is 8.87. The topological polar surface area (TPSA) is 119 Å². The summed E-state index contributed by atoms with van der Waals surface area (Å²) in [7, 11) is 0. The molecule has 0 spiro atoms. The fraction of sp³-hybridized carbons (Fsp3) is 0.235. The van der Waals surface area contributed by atoms with Crippen molar-refractivity contribution in [2.24, 2.45) is 0 Å². The lowest BCUT2D eigenvalue weighted by molar-refractivity contribution is 0.103. The predicted octanol–water partition coefficient (Wildman–Crippen LogP) is 4.02. The SMILES string of the molecule is Nc1ncn(Cc2cn([C@H](c3ccccc3)[C@H](c3ccccc3)N3CCN(C(=S)NCc4ccccc4)CC3)nn2)c2ncnc1-2. The first kappa shape index (κ1) is 29.5. The Bertz CT molecular complexity index is 1830. The van der Waals surface area contributed by atoms with Crippen LogP contribution in [0.25, 0.3) is 11.5 Å². The maximum Gasteiger partial charge on any atom is 0.169 e. The van der Waals surface area contributed by atoms with Gasteiger partial charge < -0.3 is 20.5 Å². The number of aromatic nitrogens is 7. The van der Waals surface area contributed by atoms with Gasteiger partial charge in [-0.3, -0.25) is 4.90 Å². The summed E-state index contributed by atoms with van der Waals surface area (Å²) in [5.74, 6) is 1.02. The molecule has 1 fully saturated rings. The van der Waals surface area contributed by atoms with E-state index in [1.807, 2.05) is 27.6 Å². The van der Waals surface area contributed by atoms with Crippen LogP contribution in [0.5, 0.6) is 0 Å². The van der Waals surface area contributed by atoms with Crippen molar-refractivity contribution in [1.29, 1.82) is 0 Å². The van der Waals surface area contributed by atoms with Gasteiger partial charge in [0.15, 0.2) is 16.8 Å².